The molecule has 0 unspecified atom stereocenters. The number of aromatic nitrogens is 4. The Hall–Kier alpha value is -7.54. The standard InChI is InChI=1S/C20H19NOSi.C20H18NOSi.2C13H12N.C5H4.CH4O3S.2CH4O.B4.2Ir/c2*1-23(2,3)18-11-7-5-9-16(18)19-20-15(12-13-21-19)14-8-4-6-10-17(14)22-20;2*1-10-3-6-12(7-4-10)13-8-5-11(2)9-14-13;1-3-5-4-2;1-5(2,3)4;2*1-2;1-4(2)3;;/h4-13H,1-3H3;4-8,10-13H,1-3H3;2*3-6,8-9H,1-2H3;1H,2H3;1H3,(H,2,3,4);2*2H,1H3;;;/q;3*-1;;;;;;;/p-1/i;;2*1D3,2D3;;;;;;;. The Morgan fingerprint density at radius 2 is 0.957 bits per heavy atom. The summed E-state index contributed by atoms with van der Waals surface area (Å²) in [5.41, 5.74) is 10.8. The molecule has 482 valence electrons. The number of hydrogen-bond donors (Lipinski definition) is 2. The predicted molar refractivity (Wildman–Crippen MR) is 392 cm³/mol. The zero-order chi connectivity index (χ0) is 78.2. The van der Waals surface area contributed by atoms with Gasteiger partial charge in [-0.05, 0) is 79.2 Å². The summed E-state index contributed by atoms with van der Waals surface area (Å²) in [7, 11) is 9.11. The largest absolute Gasteiger partial charge is 0.748 e. The van der Waals surface area contributed by atoms with Gasteiger partial charge in [-0.3, -0.25) is 4.98 Å². The number of rotatable bonds is 6. The van der Waals surface area contributed by atoms with Gasteiger partial charge in [0.1, 0.15) is 22.4 Å². The van der Waals surface area contributed by atoms with Crippen LogP contribution in [0.25, 0.3) is 88.9 Å². The molecule has 0 saturated heterocycles. The number of hydrogen-bond acceptors (Lipinski definition) is 11. The minimum absolute atomic E-state index is 0. The van der Waals surface area contributed by atoms with E-state index >= 15 is 0 Å². The summed E-state index contributed by atoms with van der Waals surface area (Å²) >= 11 is 0. The molecule has 0 amide bonds. The fourth-order valence-electron chi connectivity index (χ4n) is 8.62. The molecule has 0 spiro atoms. The molecule has 6 heterocycles. The maximum absolute atomic E-state index is 9.08. The first-order valence-corrected chi connectivity index (χ1v) is 37.0. The van der Waals surface area contributed by atoms with Gasteiger partial charge in [0.05, 0.1) is 18.2 Å². The van der Waals surface area contributed by atoms with Crippen LogP contribution in [0.15, 0.2) is 197 Å². The molecule has 0 aliphatic rings. The zero-order valence-corrected chi connectivity index (χ0v) is 61.2. The molecule has 2 N–H and O–H groups in total. The number of aryl methyl sites for hydroxylation is 4. The molecule has 6 aromatic carbocycles. The molecule has 0 atom stereocenters. The van der Waals surface area contributed by atoms with Crippen LogP contribution in [0.4, 0.5) is 0 Å². The van der Waals surface area contributed by atoms with Gasteiger partial charge in [-0.2, -0.15) is 0 Å². The Labute approximate surface area is 607 Å². The molecule has 20 heteroatoms. The summed E-state index contributed by atoms with van der Waals surface area (Å²) in [6.07, 6.45) is 11.0. The Bertz CT molecular complexity index is 4550. The van der Waals surface area contributed by atoms with Crippen LogP contribution in [0.2, 0.25) is 39.3 Å². The van der Waals surface area contributed by atoms with E-state index in [4.69, 9.17) is 54.9 Å². The molecule has 0 fully saturated rings. The third-order valence-corrected chi connectivity index (χ3v) is 16.5. The Morgan fingerprint density at radius 1 is 0.553 bits per heavy atom. The second-order valence-electron chi connectivity index (χ2n) is 21.4. The van der Waals surface area contributed by atoms with Crippen LogP contribution in [0.5, 0.6) is 0 Å². The van der Waals surface area contributed by atoms with Crippen LogP contribution >= 0.6 is 0 Å². The number of benzene rings is 6. The smallest absolute Gasteiger partial charge is 0.161 e. The van der Waals surface area contributed by atoms with Crippen molar-refractivity contribution in [2.45, 2.75) is 73.6 Å². The number of terminal acetylenes is 1. The van der Waals surface area contributed by atoms with E-state index in [0.29, 0.717) is 28.8 Å². The topological polar surface area (TPSA) is 175 Å². The first-order valence-electron chi connectivity index (χ1n) is 34.2. The zero-order valence-electron chi connectivity index (χ0n) is 65.6. The van der Waals surface area contributed by atoms with E-state index in [0.717, 1.165) is 75.0 Å². The van der Waals surface area contributed by atoms with Gasteiger partial charge < -0.3 is 38.6 Å². The Balaban J connectivity index is 0.000000443. The molecule has 0 bridgehead atoms. The third kappa shape index (κ3) is 26.0. The van der Waals surface area contributed by atoms with Crippen LogP contribution in [0.3, 0.4) is 0 Å². The second-order valence-corrected chi connectivity index (χ2v) is 32.9. The normalized spacial score (nSPS) is 12.6. The van der Waals surface area contributed by atoms with E-state index in [9.17, 15) is 0 Å². The number of nitrogens with zero attached hydrogens (tertiary/aromatic N) is 4. The van der Waals surface area contributed by atoms with Crippen LogP contribution in [0.1, 0.15) is 45.6 Å². The van der Waals surface area contributed by atoms with Gasteiger partial charge in [-0.1, -0.05) is 149 Å². The maximum Gasteiger partial charge on any atom is 0.161 e. The first-order chi connectivity index (χ1) is 48.6. The van der Waals surface area contributed by atoms with Crippen LogP contribution in [0, 0.1) is 69.8 Å². The summed E-state index contributed by atoms with van der Waals surface area (Å²) in [6.45, 7) is 7.16. The van der Waals surface area contributed by atoms with Crippen molar-refractivity contribution in [2.75, 3.05) is 20.5 Å². The third-order valence-electron chi connectivity index (χ3n) is 12.4. The van der Waals surface area contributed by atoms with E-state index < -0.39 is 60.1 Å². The number of aliphatic hydroxyl groups is 2. The molecule has 12 rings (SSSR count). The molecule has 0 saturated carbocycles. The van der Waals surface area contributed by atoms with Crippen LogP contribution in [-0.4, -0.2) is 109 Å². The second kappa shape index (κ2) is 40.7. The minimum Gasteiger partial charge on any atom is -0.748 e. The molecular weight excluding hydrogens is 1570 g/mol. The summed E-state index contributed by atoms with van der Waals surface area (Å²) < 4.78 is 127. The quantitative estimate of drug-likeness (QED) is 0.0701. The predicted octanol–water partition coefficient (Wildman–Crippen LogP) is 14.0. The van der Waals surface area contributed by atoms with E-state index in [1.807, 2.05) is 67.0 Å². The molecule has 0 aliphatic heterocycles. The summed E-state index contributed by atoms with van der Waals surface area (Å²) in [5, 5.41) is 21.3. The number of furan rings is 2. The average molecular weight is 1660 g/mol. The first kappa shape index (κ1) is 63.8. The SMILES string of the molecule is C#CC#CC.CO.CO.CS(=O)(=O)[O-].C[Si](C)(C)c1ccc[c-]c1-c1nccc2c1oc1ccccc12.C[Si](C)(C)c1ccccc1-c1nccc2c1oc1ccccc12.[2H]C([2H])([2H])c1c[c-]c(-c2ccc(C([2H])([2H])[2H])cn2)cc1.[2H]C([2H])([2H])c1c[c-]c(-c2ccc(C([2H])([2H])[2H])cn2)cc1.[B]B([B])[B].[Ir].[Ir]. The number of para-hydroxylation sites is 2. The monoisotopic (exact) mass is 1660 g/mol. The van der Waals surface area contributed by atoms with Gasteiger partial charge in [0, 0.05) is 172 Å². The van der Waals surface area contributed by atoms with Crippen molar-refractivity contribution in [1.29, 1.82) is 0 Å². The summed E-state index contributed by atoms with van der Waals surface area (Å²) in [4.78, 5) is 17.5. The number of aliphatic hydroxyl groups excluding tert-OH is 2. The number of fused-ring (bicyclic) bond motifs is 6. The van der Waals surface area contributed by atoms with Crippen molar-refractivity contribution in [2.24, 2.45) is 0 Å². The van der Waals surface area contributed by atoms with Crippen molar-refractivity contribution in [3.8, 4) is 69.2 Å². The van der Waals surface area contributed by atoms with Crippen molar-refractivity contribution in [1.82, 2.24) is 19.9 Å². The van der Waals surface area contributed by atoms with E-state index in [1.165, 1.54) is 64.7 Å². The fourth-order valence-corrected chi connectivity index (χ4v) is 11.8. The molecule has 6 aromatic heterocycles. The molecule has 8 radical (unpaired) electrons. The minimum atomic E-state index is -3.92. The fraction of sp³-hybridized carbons (Fsp3) is 0.189. The van der Waals surface area contributed by atoms with E-state index in [1.54, 1.807) is 31.2 Å². The van der Waals surface area contributed by atoms with Gasteiger partial charge in [0.15, 0.2) is 5.58 Å². The molecule has 12 aromatic rings. The van der Waals surface area contributed by atoms with E-state index in [2.05, 4.69) is 167 Å². The van der Waals surface area contributed by atoms with Gasteiger partial charge in [-0.25, -0.2) is 8.42 Å². The van der Waals surface area contributed by atoms with Gasteiger partial charge in [0.2, 0.25) is 0 Å². The summed E-state index contributed by atoms with van der Waals surface area (Å²) in [5.74, 6) is 7.08. The van der Waals surface area contributed by atoms with Gasteiger partial charge in [-0.15, -0.1) is 112 Å². The van der Waals surface area contributed by atoms with Crippen molar-refractivity contribution in [3.63, 3.8) is 0 Å². The van der Waals surface area contributed by atoms with Gasteiger partial charge in [0.25, 0.3) is 0 Å². The molecule has 94 heavy (non-hydrogen) atoms. The van der Waals surface area contributed by atoms with Crippen molar-refractivity contribution >= 4 is 110 Å². The van der Waals surface area contributed by atoms with Crippen LogP contribution < -0.4 is 10.4 Å². The van der Waals surface area contributed by atoms with Gasteiger partial charge >= 0.3 is 0 Å². The number of pyridine rings is 4. The summed E-state index contributed by atoms with van der Waals surface area (Å²) in [6, 6.07) is 59.5. The Kier molecular flexibility index (Phi) is 27.6. The molecular formula is C74H76B4Ir2N4O7SSi2-4. The van der Waals surface area contributed by atoms with Crippen molar-refractivity contribution < 1.29 is 88.7 Å². The molecule has 11 nitrogen and oxygen atoms in total. The van der Waals surface area contributed by atoms with E-state index in [-0.39, 0.29) is 62.5 Å². The van der Waals surface area contributed by atoms with Crippen LogP contribution in [-0.2, 0) is 50.3 Å². The average Bonchev–Trinajstić information content (AvgIpc) is 1.59. The maximum atomic E-state index is 9.08. The molecule has 0 aliphatic carbocycles. The Morgan fingerprint density at radius 3 is 1.34 bits per heavy atom. The van der Waals surface area contributed by atoms with Crippen molar-refractivity contribution in [3.05, 3.63) is 229 Å².